The summed E-state index contributed by atoms with van der Waals surface area (Å²) in [6.07, 6.45) is 0.775. The Balaban J connectivity index is 4.10. The van der Waals surface area contributed by atoms with Crippen LogP contribution in [0.4, 0.5) is 0 Å². The van der Waals surface area contributed by atoms with E-state index in [9.17, 15) is 0 Å². The fraction of sp³-hybridized carbons (Fsp3) is 0.900. The molecule has 0 saturated carbocycles. The lowest BCUT2D eigenvalue weighted by Crippen LogP contribution is -2.42. The predicted molar refractivity (Wildman–Crippen MR) is 64.6 cm³/mol. The third-order valence-corrected chi connectivity index (χ3v) is 2.45. The minimum atomic E-state index is 0.391. The van der Waals surface area contributed by atoms with Crippen LogP contribution in [0.1, 0.15) is 27.2 Å². The Morgan fingerprint density at radius 1 is 1.43 bits per heavy atom. The molecule has 14 heavy (non-hydrogen) atoms. The number of hydrogen-bond donors (Lipinski definition) is 1. The molecule has 0 saturated heterocycles. The van der Waals surface area contributed by atoms with Crippen molar-refractivity contribution in [3.8, 4) is 0 Å². The summed E-state index contributed by atoms with van der Waals surface area (Å²) in [6.45, 7) is 8.17. The van der Waals surface area contributed by atoms with Crippen molar-refractivity contribution in [2.45, 2.75) is 39.3 Å². The van der Waals surface area contributed by atoms with Crippen LogP contribution >= 0.6 is 12.2 Å². The SMILES string of the molecule is COCCN(C(C)C)C(C)CC(N)=S. The topological polar surface area (TPSA) is 38.5 Å². The van der Waals surface area contributed by atoms with Gasteiger partial charge in [0.2, 0.25) is 0 Å². The van der Waals surface area contributed by atoms with Crippen molar-refractivity contribution in [3.05, 3.63) is 0 Å². The molecule has 0 aromatic rings. The zero-order valence-electron chi connectivity index (χ0n) is 9.62. The van der Waals surface area contributed by atoms with Gasteiger partial charge < -0.3 is 10.5 Å². The molecule has 4 heteroatoms. The molecule has 0 aromatic carbocycles. The molecule has 0 aliphatic heterocycles. The second-order valence-corrected chi connectivity index (χ2v) is 4.37. The molecule has 0 aliphatic rings. The molecular weight excluding hydrogens is 196 g/mol. The van der Waals surface area contributed by atoms with Crippen molar-refractivity contribution in [1.82, 2.24) is 4.90 Å². The molecular formula is C10H22N2OS. The Bertz CT molecular complexity index is 174. The highest BCUT2D eigenvalue weighted by Gasteiger charge is 2.16. The van der Waals surface area contributed by atoms with Crippen LogP contribution < -0.4 is 5.73 Å². The van der Waals surface area contributed by atoms with Crippen molar-refractivity contribution in [1.29, 1.82) is 0 Å². The van der Waals surface area contributed by atoms with Gasteiger partial charge in [-0.05, 0) is 20.8 Å². The second kappa shape index (κ2) is 7.15. The maximum Gasteiger partial charge on any atom is 0.0742 e. The summed E-state index contributed by atoms with van der Waals surface area (Å²) in [5.41, 5.74) is 5.53. The van der Waals surface area contributed by atoms with Crippen LogP contribution in [0.2, 0.25) is 0 Å². The van der Waals surface area contributed by atoms with E-state index in [0.717, 1.165) is 19.6 Å². The standard InChI is InChI=1S/C10H22N2OS/c1-8(2)12(5-6-13-4)9(3)7-10(11)14/h8-9H,5-7H2,1-4H3,(H2,11,14). The third kappa shape index (κ3) is 5.52. The molecule has 0 heterocycles. The molecule has 3 nitrogen and oxygen atoms in total. The summed E-state index contributed by atoms with van der Waals surface area (Å²) < 4.78 is 5.07. The van der Waals surface area contributed by atoms with Gasteiger partial charge in [0, 0.05) is 32.2 Å². The smallest absolute Gasteiger partial charge is 0.0742 e. The largest absolute Gasteiger partial charge is 0.393 e. The Morgan fingerprint density at radius 2 is 2.00 bits per heavy atom. The molecule has 0 amide bonds. The number of rotatable bonds is 7. The van der Waals surface area contributed by atoms with E-state index in [-0.39, 0.29) is 0 Å². The molecule has 0 radical (unpaired) electrons. The lowest BCUT2D eigenvalue weighted by molar-refractivity contribution is 0.104. The van der Waals surface area contributed by atoms with Gasteiger partial charge in [-0.3, -0.25) is 4.90 Å². The molecule has 0 rings (SSSR count). The van der Waals surface area contributed by atoms with E-state index in [2.05, 4.69) is 25.7 Å². The fourth-order valence-corrected chi connectivity index (χ4v) is 1.83. The normalized spacial score (nSPS) is 13.6. The Kier molecular flexibility index (Phi) is 7.05. The summed E-state index contributed by atoms with van der Waals surface area (Å²) in [5.74, 6) is 0. The molecule has 0 fully saturated rings. The van der Waals surface area contributed by atoms with Gasteiger partial charge in [-0.25, -0.2) is 0 Å². The molecule has 1 unspecified atom stereocenters. The summed E-state index contributed by atoms with van der Waals surface area (Å²) in [4.78, 5) is 2.93. The van der Waals surface area contributed by atoms with Crippen molar-refractivity contribution in [3.63, 3.8) is 0 Å². The quantitative estimate of drug-likeness (QED) is 0.656. The van der Waals surface area contributed by atoms with Gasteiger partial charge >= 0.3 is 0 Å². The van der Waals surface area contributed by atoms with Gasteiger partial charge in [0.25, 0.3) is 0 Å². The Labute approximate surface area is 92.6 Å². The number of nitrogens with zero attached hydrogens (tertiary/aromatic N) is 1. The second-order valence-electron chi connectivity index (χ2n) is 3.84. The van der Waals surface area contributed by atoms with Crippen molar-refractivity contribution >= 4 is 17.2 Å². The summed E-state index contributed by atoms with van der Waals surface area (Å²) in [7, 11) is 1.72. The number of methoxy groups -OCH3 is 1. The van der Waals surface area contributed by atoms with Crippen LogP contribution in [0.15, 0.2) is 0 Å². The fourth-order valence-electron chi connectivity index (χ4n) is 1.59. The first kappa shape index (κ1) is 13.8. The average Bonchev–Trinajstić information content (AvgIpc) is 2.02. The average molecular weight is 218 g/mol. The first-order valence-electron chi connectivity index (χ1n) is 5.02. The lowest BCUT2D eigenvalue weighted by Gasteiger charge is -2.32. The molecule has 84 valence electrons. The highest BCUT2D eigenvalue weighted by Crippen LogP contribution is 2.08. The lowest BCUT2D eigenvalue weighted by atomic mass is 10.1. The maximum absolute atomic E-state index is 5.53. The van der Waals surface area contributed by atoms with Crippen LogP contribution in [0, 0.1) is 0 Å². The van der Waals surface area contributed by atoms with E-state index in [1.807, 2.05) is 0 Å². The van der Waals surface area contributed by atoms with Gasteiger partial charge in [0.05, 0.1) is 11.6 Å². The molecule has 1 atom stereocenters. The van der Waals surface area contributed by atoms with Gasteiger partial charge in [-0.1, -0.05) is 12.2 Å². The van der Waals surface area contributed by atoms with E-state index in [1.165, 1.54) is 0 Å². The first-order valence-corrected chi connectivity index (χ1v) is 5.42. The zero-order valence-corrected chi connectivity index (χ0v) is 10.4. The van der Waals surface area contributed by atoms with Crippen molar-refractivity contribution in [2.75, 3.05) is 20.3 Å². The molecule has 0 aliphatic carbocycles. The number of thiocarbonyl (C=S) groups is 1. The Morgan fingerprint density at radius 3 is 2.36 bits per heavy atom. The molecule has 0 spiro atoms. The zero-order chi connectivity index (χ0) is 11.1. The minimum Gasteiger partial charge on any atom is -0.393 e. The maximum atomic E-state index is 5.53. The summed E-state index contributed by atoms with van der Waals surface area (Å²) >= 11 is 4.91. The minimum absolute atomic E-state index is 0.391. The Hall–Kier alpha value is -0.190. The van der Waals surface area contributed by atoms with E-state index < -0.39 is 0 Å². The first-order chi connectivity index (χ1) is 6.49. The number of nitrogens with two attached hydrogens (primary N) is 1. The number of ether oxygens (including phenoxy) is 1. The van der Waals surface area contributed by atoms with Gasteiger partial charge in [0.1, 0.15) is 0 Å². The number of hydrogen-bond acceptors (Lipinski definition) is 3. The molecule has 0 bridgehead atoms. The van der Waals surface area contributed by atoms with Crippen LogP contribution in [0.3, 0.4) is 0 Å². The van der Waals surface area contributed by atoms with E-state index in [4.69, 9.17) is 22.7 Å². The van der Waals surface area contributed by atoms with Gasteiger partial charge in [-0.2, -0.15) is 0 Å². The van der Waals surface area contributed by atoms with E-state index in [0.29, 0.717) is 17.1 Å². The summed E-state index contributed by atoms with van der Waals surface area (Å²) in [5, 5.41) is 0. The van der Waals surface area contributed by atoms with Crippen LogP contribution in [0.25, 0.3) is 0 Å². The van der Waals surface area contributed by atoms with Crippen LogP contribution in [0.5, 0.6) is 0 Å². The van der Waals surface area contributed by atoms with Crippen LogP contribution in [-0.2, 0) is 4.74 Å². The van der Waals surface area contributed by atoms with Crippen molar-refractivity contribution < 1.29 is 4.74 Å². The monoisotopic (exact) mass is 218 g/mol. The van der Waals surface area contributed by atoms with Crippen molar-refractivity contribution in [2.24, 2.45) is 5.73 Å². The summed E-state index contributed by atoms with van der Waals surface area (Å²) in [6, 6.07) is 0.886. The molecule has 0 aromatic heterocycles. The predicted octanol–water partition coefficient (Wildman–Crippen LogP) is 1.41. The van der Waals surface area contributed by atoms with E-state index in [1.54, 1.807) is 7.11 Å². The highest BCUT2D eigenvalue weighted by molar-refractivity contribution is 7.80. The highest BCUT2D eigenvalue weighted by atomic mass is 32.1. The van der Waals surface area contributed by atoms with Crippen LogP contribution in [-0.4, -0.2) is 42.2 Å². The third-order valence-electron chi connectivity index (χ3n) is 2.28. The van der Waals surface area contributed by atoms with Gasteiger partial charge in [0.15, 0.2) is 0 Å². The van der Waals surface area contributed by atoms with Gasteiger partial charge in [-0.15, -0.1) is 0 Å². The van der Waals surface area contributed by atoms with E-state index >= 15 is 0 Å². The molecule has 2 N–H and O–H groups in total.